The largest absolute Gasteiger partial charge is 0.340 e. The molecule has 1 amide bonds. The van der Waals surface area contributed by atoms with E-state index in [0.717, 1.165) is 79.9 Å². The normalized spacial score (nSPS) is 14.7. The highest BCUT2D eigenvalue weighted by Crippen LogP contribution is 2.28. The van der Waals surface area contributed by atoms with Crippen molar-refractivity contribution in [3.63, 3.8) is 0 Å². The van der Waals surface area contributed by atoms with Gasteiger partial charge in [-0.3, -0.25) is 4.79 Å². The van der Waals surface area contributed by atoms with E-state index in [1.807, 2.05) is 11.0 Å². The summed E-state index contributed by atoms with van der Waals surface area (Å²) in [6, 6.07) is 16.9. The minimum atomic E-state index is 0.288. The fraction of sp³-hybridized carbons (Fsp3) is 0.429. The minimum Gasteiger partial charge on any atom is -0.340 e. The van der Waals surface area contributed by atoms with Crippen LogP contribution in [0.25, 0.3) is 22.1 Å². The molecule has 0 aliphatic carbocycles. The second-order valence-electron chi connectivity index (χ2n) is 9.48. The average molecular weight is 503 g/mol. The second-order valence-corrected chi connectivity index (χ2v) is 10.5. The number of rotatable bonds is 9. The zero-order chi connectivity index (χ0) is 24.9. The van der Waals surface area contributed by atoms with Crippen molar-refractivity contribution in [2.24, 2.45) is 0 Å². The third kappa shape index (κ3) is 5.55. The molecule has 0 saturated carbocycles. The van der Waals surface area contributed by atoms with E-state index in [4.69, 9.17) is 4.98 Å². The lowest BCUT2D eigenvalue weighted by molar-refractivity contribution is -0.133. The Balaban J connectivity index is 1.22. The van der Waals surface area contributed by atoms with Crippen LogP contribution in [0.1, 0.15) is 37.3 Å². The van der Waals surface area contributed by atoms with E-state index in [1.54, 1.807) is 11.8 Å². The van der Waals surface area contributed by atoms with Gasteiger partial charge in [0.1, 0.15) is 5.52 Å². The summed E-state index contributed by atoms with van der Waals surface area (Å²) >= 11 is 1.62. The van der Waals surface area contributed by atoms with Crippen molar-refractivity contribution in [3.8, 4) is 0 Å². The Kier molecular flexibility index (Phi) is 7.82. The van der Waals surface area contributed by atoms with Crippen molar-refractivity contribution >= 4 is 39.7 Å². The lowest BCUT2D eigenvalue weighted by Gasteiger charge is -2.34. The highest BCUT2D eigenvalue weighted by molar-refractivity contribution is 7.99. The van der Waals surface area contributed by atoms with Crippen LogP contribution < -0.4 is 0 Å². The average Bonchev–Trinajstić information content (AvgIpc) is 3.21. The van der Waals surface area contributed by atoms with E-state index in [1.165, 1.54) is 11.1 Å². The van der Waals surface area contributed by atoms with Crippen molar-refractivity contribution in [2.75, 3.05) is 38.5 Å². The molecule has 2 aromatic heterocycles. The van der Waals surface area contributed by atoms with Crippen molar-refractivity contribution in [1.82, 2.24) is 29.5 Å². The molecule has 36 heavy (non-hydrogen) atoms. The first-order valence-corrected chi connectivity index (χ1v) is 13.9. The van der Waals surface area contributed by atoms with Crippen molar-refractivity contribution < 1.29 is 4.79 Å². The number of aromatic nitrogens is 4. The topological polar surface area (TPSA) is 67.2 Å². The van der Waals surface area contributed by atoms with Crippen molar-refractivity contribution in [3.05, 3.63) is 59.7 Å². The number of aryl methyl sites for hydroxylation is 1. The van der Waals surface area contributed by atoms with E-state index >= 15 is 0 Å². The number of fused-ring (bicyclic) bond motifs is 3. The molecule has 4 aromatic rings. The predicted octanol–water partition coefficient (Wildman–Crippen LogP) is 4.76. The summed E-state index contributed by atoms with van der Waals surface area (Å²) in [4.78, 5) is 21.9. The van der Waals surface area contributed by atoms with Gasteiger partial charge in [0.2, 0.25) is 11.1 Å². The van der Waals surface area contributed by atoms with E-state index in [9.17, 15) is 4.79 Å². The summed E-state index contributed by atoms with van der Waals surface area (Å²) in [5.41, 5.74) is 5.33. The van der Waals surface area contributed by atoms with Gasteiger partial charge in [0.25, 0.3) is 0 Å². The molecule has 0 atom stereocenters. The van der Waals surface area contributed by atoms with E-state index in [-0.39, 0.29) is 5.91 Å². The quantitative estimate of drug-likeness (QED) is 0.243. The Morgan fingerprint density at radius 1 is 1.00 bits per heavy atom. The highest BCUT2D eigenvalue weighted by Gasteiger charge is 2.19. The van der Waals surface area contributed by atoms with Crippen LogP contribution in [0.15, 0.2) is 53.7 Å². The molecule has 188 valence electrons. The fourth-order valence-corrected chi connectivity index (χ4v) is 5.70. The fourth-order valence-electron chi connectivity index (χ4n) is 4.92. The van der Waals surface area contributed by atoms with Gasteiger partial charge in [-0.05, 0) is 37.9 Å². The van der Waals surface area contributed by atoms with Gasteiger partial charge in [0, 0.05) is 50.3 Å². The number of unbranched alkanes of at least 4 members (excludes halogenated alkanes) is 1. The summed E-state index contributed by atoms with van der Waals surface area (Å²) in [5, 5.41) is 10.8. The molecule has 0 N–H and O–H groups in total. The number of hydrogen-bond acceptors (Lipinski definition) is 6. The Hall–Kier alpha value is -2.97. The number of para-hydroxylation sites is 1. The first-order chi connectivity index (χ1) is 17.6. The Bertz CT molecular complexity index is 1340. The summed E-state index contributed by atoms with van der Waals surface area (Å²) in [7, 11) is 0. The molecule has 3 heterocycles. The van der Waals surface area contributed by atoms with Gasteiger partial charge in [0.05, 0.1) is 5.52 Å². The van der Waals surface area contributed by atoms with Crippen LogP contribution in [-0.2, 0) is 11.3 Å². The van der Waals surface area contributed by atoms with Gasteiger partial charge in [-0.1, -0.05) is 66.7 Å². The van der Waals surface area contributed by atoms with Crippen LogP contribution in [0, 0.1) is 6.92 Å². The van der Waals surface area contributed by atoms with Crippen LogP contribution in [0.5, 0.6) is 0 Å². The summed E-state index contributed by atoms with van der Waals surface area (Å²) in [5.74, 6) is 1.16. The van der Waals surface area contributed by atoms with Gasteiger partial charge in [-0.15, -0.1) is 10.2 Å². The van der Waals surface area contributed by atoms with Crippen LogP contribution >= 0.6 is 11.8 Å². The molecular formula is C28H34N6OS. The molecule has 1 saturated heterocycles. The van der Waals surface area contributed by atoms with Gasteiger partial charge in [-0.2, -0.15) is 0 Å². The number of carbonyl (C=O) groups excluding carboxylic acids is 1. The third-order valence-electron chi connectivity index (χ3n) is 6.97. The lowest BCUT2D eigenvalue weighted by atomic mass is 10.1. The molecular weight excluding hydrogens is 468 g/mol. The summed E-state index contributed by atoms with van der Waals surface area (Å²) in [6.07, 6.45) is 2.47. The maximum atomic E-state index is 12.5. The van der Waals surface area contributed by atoms with E-state index in [0.29, 0.717) is 11.6 Å². The van der Waals surface area contributed by atoms with E-state index < -0.39 is 0 Å². The van der Waals surface area contributed by atoms with E-state index in [2.05, 4.69) is 76.0 Å². The molecule has 0 radical (unpaired) electrons. The number of amides is 1. The maximum absolute atomic E-state index is 12.5. The molecule has 2 aromatic carbocycles. The number of likely N-dealkylation sites (N-methyl/N-ethyl adjacent to an activating group) is 1. The standard InChI is InChI=1S/C28H34N6OS/c1-3-32-14-16-33(17-15-32)25(35)13-6-7-18-36-28-29-27-26(30-31-28)23-11-4-5-12-24(23)34(27)20-22-10-8-9-21(2)19-22/h4-5,8-12,19H,3,6-7,13-18,20H2,1-2H3. The Labute approximate surface area is 216 Å². The molecule has 0 unspecified atom stereocenters. The smallest absolute Gasteiger partial charge is 0.222 e. The molecule has 8 heteroatoms. The van der Waals surface area contributed by atoms with Gasteiger partial charge >= 0.3 is 0 Å². The summed E-state index contributed by atoms with van der Waals surface area (Å²) < 4.78 is 2.25. The molecule has 1 aliphatic heterocycles. The van der Waals surface area contributed by atoms with Crippen LogP contribution in [0.4, 0.5) is 0 Å². The minimum absolute atomic E-state index is 0.288. The van der Waals surface area contributed by atoms with Crippen molar-refractivity contribution in [2.45, 2.75) is 44.8 Å². The molecule has 1 aliphatic rings. The zero-order valence-corrected chi connectivity index (χ0v) is 22.0. The lowest BCUT2D eigenvalue weighted by Crippen LogP contribution is -2.48. The van der Waals surface area contributed by atoms with Gasteiger partial charge in [0.15, 0.2) is 5.65 Å². The molecule has 0 spiro atoms. The van der Waals surface area contributed by atoms with Crippen LogP contribution in [0.2, 0.25) is 0 Å². The first kappa shape index (κ1) is 24.7. The molecule has 1 fully saturated rings. The molecule has 5 rings (SSSR count). The Morgan fingerprint density at radius 3 is 2.64 bits per heavy atom. The van der Waals surface area contributed by atoms with Gasteiger partial charge in [-0.25, -0.2) is 4.98 Å². The SMILES string of the molecule is CCN1CCN(C(=O)CCCCSc2nnc3c4ccccc4n(Cc4cccc(C)c4)c3n2)CC1. The monoisotopic (exact) mass is 502 g/mol. The van der Waals surface area contributed by atoms with Crippen molar-refractivity contribution in [1.29, 1.82) is 0 Å². The number of hydrogen-bond donors (Lipinski definition) is 0. The molecule has 0 bridgehead atoms. The second kappa shape index (κ2) is 11.4. The maximum Gasteiger partial charge on any atom is 0.222 e. The summed E-state index contributed by atoms with van der Waals surface area (Å²) in [6.45, 7) is 9.80. The van der Waals surface area contributed by atoms with Crippen LogP contribution in [-0.4, -0.2) is 73.9 Å². The highest BCUT2D eigenvalue weighted by atomic mass is 32.2. The van der Waals surface area contributed by atoms with Crippen LogP contribution in [0.3, 0.4) is 0 Å². The first-order valence-electron chi connectivity index (χ1n) is 12.9. The number of carbonyl (C=O) groups is 1. The molecule has 7 nitrogen and oxygen atoms in total. The predicted molar refractivity (Wildman–Crippen MR) is 146 cm³/mol. The Morgan fingerprint density at radius 2 is 1.83 bits per heavy atom. The third-order valence-corrected chi connectivity index (χ3v) is 7.89. The number of thioether (sulfide) groups is 1. The number of benzene rings is 2. The number of piperazine rings is 1. The van der Waals surface area contributed by atoms with Gasteiger partial charge < -0.3 is 14.4 Å². The zero-order valence-electron chi connectivity index (χ0n) is 21.2. The number of nitrogens with zero attached hydrogens (tertiary/aromatic N) is 6.